The molecule has 0 aliphatic rings. The molecule has 1 aromatic carbocycles. The van der Waals surface area contributed by atoms with E-state index in [4.69, 9.17) is 5.11 Å². The summed E-state index contributed by atoms with van der Waals surface area (Å²) in [7, 11) is 0. The molecule has 13 heavy (non-hydrogen) atoms. The van der Waals surface area contributed by atoms with Crippen molar-refractivity contribution in [2.45, 2.75) is 0 Å². The van der Waals surface area contributed by atoms with Crippen LogP contribution in [0.3, 0.4) is 0 Å². The molecule has 1 aromatic heterocycles. The molecule has 1 N–H and O–H groups in total. The Morgan fingerprint density at radius 1 is 1.31 bits per heavy atom. The zero-order valence-electron chi connectivity index (χ0n) is 6.68. The zero-order valence-corrected chi connectivity index (χ0v) is 6.68. The molecule has 0 unspecified atom stereocenters. The van der Waals surface area contributed by atoms with Crippen molar-refractivity contribution in [1.29, 1.82) is 0 Å². The Kier molecular flexibility index (Phi) is 1.73. The number of benzene rings is 1. The molecule has 0 radical (unpaired) electrons. The van der Waals surface area contributed by atoms with Gasteiger partial charge in [-0.3, -0.25) is 0 Å². The van der Waals surface area contributed by atoms with E-state index < -0.39 is 0 Å². The number of rotatable bonds is 1. The number of hydrogen-bond acceptors (Lipinski definition) is 2. The van der Waals surface area contributed by atoms with Crippen LogP contribution in [-0.4, -0.2) is 14.9 Å². The average molecular weight is 178 g/mol. The highest BCUT2D eigenvalue weighted by Crippen LogP contribution is 2.14. The standard InChI is InChI=1S/C9H7FN2O/c10-8-3-1-2-4-9(8)12-6-7(13)5-11-12/h1-6,13H. The lowest BCUT2D eigenvalue weighted by molar-refractivity contribution is 0.475. The number of hydrogen-bond donors (Lipinski definition) is 1. The summed E-state index contributed by atoms with van der Waals surface area (Å²) in [5.41, 5.74) is 0.322. The van der Waals surface area contributed by atoms with E-state index in [9.17, 15) is 4.39 Å². The van der Waals surface area contributed by atoms with Crippen LogP contribution in [-0.2, 0) is 0 Å². The van der Waals surface area contributed by atoms with E-state index in [0.717, 1.165) is 0 Å². The van der Waals surface area contributed by atoms with E-state index in [2.05, 4.69) is 5.10 Å². The fourth-order valence-electron chi connectivity index (χ4n) is 1.08. The largest absolute Gasteiger partial charge is 0.505 e. The van der Waals surface area contributed by atoms with Gasteiger partial charge in [0.05, 0.1) is 12.4 Å². The van der Waals surface area contributed by atoms with Gasteiger partial charge in [-0.1, -0.05) is 12.1 Å². The molecule has 0 fully saturated rings. The average Bonchev–Trinajstić information content (AvgIpc) is 2.53. The van der Waals surface area contributed by atoms with Crippen LogP contribution < -0.4 is 0 Å². The molecule has 2 rings (SSSR count). The minimum Gasteiger partial charge on any atom is -0.505 e. The molecule has 0 atom stereocenters. The molecule has 0 saturated heterocycles. The smallest absolute Gasteiger partial charge is 0.153 e. The minimum atomic E-state index is -0.370. The Balaban J connectivity index is 2.52. The van der Waals surface area contributed by atoms with Gasteiger partial charge in [-0.2, -0.15) is 5.10 Å². The lowest BCUT2D eigenvalue weighted by Gasteiger charge is -2.00. The molecule has 0 amide bonds. The Bertz CT molecular complexity index is 425. The highest BCUT2D eigenvalue weighted by Gasteiger charge is 2.03. The first-order valence-electron chi connectivity index (χ1n) is 3.76. The number of aromatic hydroxyl groups is 1. The Labute approximate surface area is 74.1 Å². The Morgan fingerprint density at radius 3 is 2.69 bits per heavy atom. The predicted octanol–water partition coefficient (Wildman–Crippen LogP) is 1.72. The van der Waals surface area contributed by atoms with Crippen LogP contribution in [0.1, 0.15) is 0 Å². The van der Waals surface area contributed by atoms with Crippen molar-refractivity contribution < 1.29 is 9.50 Å². The molecule has 66 valence electrons. The van der Waals surface area contributed by atoms with Gasteiger partial charge in [0, 0.05) is 0 Å². The summed E-state index contributed by atoms with van der Waals surface area (Å²) >= 11 is 0. The van der Waals surface area contributed by atoms with Gasteiger partial charge in [0.1, 0.15) is 11.5 Å². The van der Waals surface area contributed by atoms with Gasteiger partial charge in [0.2, 0.25) is 0 Å². The second-order valence-corrected chi connectivity index (χ2v) is 2.59. The van der Waals surface area contributed by atoms with Crippen molar-refractivity contribution in [2.75, 3.05) is 0 Å². The van der Waals surface area contributed by atoms with Crippen LogP contribution in [0.25, 0.3) is 5.69 Å². The molecule has 0 spiro atoms. The van der Waals surface area contributed by atoms with Crippen LogP contribution in [0.4, 0.5) is 4.39 Å². The third-order valence-corrected chi connectivity index (χ3v) is 1.67. The monoisotopic (exact) mass is 178 g/mol. The maximum atomic E-state index is 13.1. The second-order valence-electron chi connectivity index (χ2n) is 2.59. The van der Waals surface area contributed by atoms with E-state index in [1.165, 1.54) is 23.1 Å². The number of nitrogens with zero attached hydrogens (tertiary/aromatic N) is 2. The zero-order chi connectivity index (χ0) is 9.26. The van der Waals surface area contributed by atoms with Gasteiger partial charge in [-0.15, -0.1) is 0 Å². The van der Waals surface area contributed by atoms with Gasteiger partial charge in [0.25, 0.3) is 0 Å². The van der Waals surface area contributed by atoms with Crippen LogP contribution >= 0.6 is 0 Å². The normalized spacial score (nSPS) is 10.2. The summed E-state index contributed by atoms with van der Waals surface area (Å²) in [5.74, 6) is -0.353. The molecule has 0 bridgehead atoms. The van der Waals surface area contributed by atoms with Gasteiger partial charge >= 0.3 is 0 Å². The van der Waals surface area contributed by atoms with Gasteiger partial charge in [-0.05, 0) is 12.1 Å². The van der Waals surface area contributed by atoms with E-state index in [1.54, 1.807) is 18.2 Å². The summed E-state index contributed by atoms with van der Waals surface area (Å²) in [6.07, 6.45) is 2.60. The van der Waals surface area contributed by atoms with E-state index in [-0.39, 0.29) is 11.6 Å². The molecule has 0 aliphatic heterocycles. The number of aromatic nitrogens is 2. The molecule has 0 saturated carbocycles. The van der Waals surface area contributed by atoms with Crippen LogP contribution in [0.2, 0.25) is 0 Å². The third kappa shape index (κ3) is 1.38. The first-order valence-corrected chi connectivity index (χ1v) is 3.76. The van der Waals surface area contributed by atoms with E-state index in [1.807, 2.05) is 0 Å². The summed E-state index contributed by atoms with van der Waals surface area (Å²) < 4.78 is 14.4. The Morgan fingerprint density at radius 2 is 2.08 bits per heavy atom. The molecule has 2 aromatic rings. The molecule has 4 heteroatoms. The molecular formula is C9H7FN2O. The fourth-order valence-corrected chi connectivity index (χ4v) is 1.08. The fraction of sp³-hybridized carbons (Fsp3) is 0. The van der Waals surface area contributed by atoms with E-state index in [0.29, 0.717) is 5.69 Å². The lowest BCUT2D eigenvalue weighted by Crippen LogP contribution is -1.96. The van der Waals surface area contributed by atoms with E-state index >= 15 is 0 Å². The van der Waals surface area contributed by atoms with Gasteiger partial charge in [-0.25, -0.2) is 9.07 Å². The first kappa shape index (κ1) is 7.79. The molecule has 0 aliphatic carbocycles. The molecular weight excluding hydrogens is 171 g/mol. The summed E-state index contributed by atoms with van der Waals surface area (Å²) in [5, 5.41) is 12.8. The van der Waals surface area contributed by atoms with Crippen molar-refractivity contribution in [3.05, 3.63) is 42.5 Å². The molecule has 1 heterocycles. The lowest BCUT2D eigenvalue weighted by atomic mass is 10.3. The number of para-hydroxylation sites is 1. The maximum Gasteiger partial charge on any atom is 0.153 e. The summed E-state index contributed by atoms with van der Waals surface area (Å²) in [6, 6.07) is 6.23. The highest BCUT2D eigenvalue weighted by molar-refractivity contribution is 5.33. The van der Waals surface area contributed by atoms with Gasteiger partial charge in [0.15, 0.2) is 5.75 Å². The molecule has 3 nitrogen and oxygen atoms in total. The highest BCUT2D eigenvalue weighted by atomic mass is 19.1. The second kappa shape index (κ2) is 2.90. The Hall–Kier alpha value is -1.84. The quantitative estimate of drug-likeness (QED) is 0.721. The first-order chi connectivity index (χ1) is 6.27. The topological polar surface area (TPSA) is 38.1 Å². The van der Waals surface area contributed by atoms with Crippen molar-refractivity contribution in [1.82, 2.24) is 9.78 Å². The van der Waals surface area contributed by atoms with Crippen molar-refractivity contribution in [3.8, 4) is 11.4 Å². The van der Waals surface area contributed by atoms with Crippen molar-refractivity contribution in [3.63, 3.8) is 0 Å². The maximum absolute atomic E-state index is 13.1. The summed E-state index contributed by atoms with van der Waals surface area (Å²) in [6.45, 7) is 0. The van der Waals surface area contributed by atoms with Crippen LogP contribution in [0.5, 0.6) is 5.75 Å². The SMILES string of the molecule is Oc1cnn(-c2ccccc2F)c1. The van der Waals surface area contributed by atoms with Crippen molar-refractivity contribution in [2.24, 2.45) is 0 Å². The summed E-state index contributed by atoms with van der Waals surface area (Å²) in [4.78, 5) is 0. The van der Waals surface area contributed by atoms with Gasteiger partial charge < -0.3 is 5.11 Å². The van der Waals surface area contributed by atoms with Crippen LogP contribution in [0, 0.1) is 5.82 Å². The number of halogens is 1. The predicted molar refractivity (Wildman–Crippen MR) is 45.2 cm³/mol. The van der Waals surface area contributed by atoms with Crippen LogP contribution in [0.15, 0.2) is 36.7 Å². The minimum absolute atomic E-state index is 0.0169. The van der Waals surface area contributed by atoms with Crippen molar-refractivity contribution >= 4 is 0 Å². The third-order valence-electron chi connectivity index (χ3n) is 1.67.